The average molecular weight is 402 g/mol. The van der Waals surface area contributed by atoms with Crippen molar-refractivity contribution < 1.29 is 14.4 Å². The second kappa shape index (κ2) is 7.87. The van der Waals surface area contributed by atoms with E-state index in [9.17, 15) is 14.4 Å². The lowest BCUT2D eigenvalue weighted by atomic mass is 9.93. The fraction of sp³-hybridized carbons (Fsp3) is 0.571. The maximum absolute atomic E-state index is 12.2. The van der Waals surface area contributed by atoms with Crippen molar-refractivity contribution in [2.45, 2.75) is 44.1 Å². The van der Waals surface area contributed by atoms with Gasteiger partial charge in [-0.15, -0.1) is 0 Å². The normalized spacial score (nSPS) is 22.5. The van der Waals surface area contributed by atoms with E-state index in [0.29, 0.717) is 5.41 Å². The van der Waals surface area contributed by atoms with Gasteiger partial charge in [-0.3, -0.25) is 19.3 Å². The predicted octanol–water partition coefficient (Wildman–Crippen LogP) is 2.30. The summed E-state index contributed by atoms with van der Waals surface area (Å²) in [5.41, 5.74) is 3.07. The second-order valence-electron chi connectivity index (χ2n) is 8.30. The van der Waals surface area contributed by atoms with Gasteiger partial charge in [0.2, 0.25) is 11.8 Å². The number of thioether (sulfide) groups is 1. The lowest BCUT2D eigenvalue weighted by Gasteiger charge is -2.35. The summed E-state index contributed by atoms with van der Waals surface area (Å²) in [6.45, 7) is 4.99. The first kappa shape index (κ1) is 19.5. The largest absolute Gasteiger partial charge is 0.352 e. The minimum absolute atomic E-state index is 0.124. The third kappa shape index (κ3) is 4.25. The minimum Gasteiger partial charge on any atom is -0.352 e. The summed E-state index contributed by atoms with van der Waals surface area (Å²) in [4.78, 5) is 39.0. The Morgan fingerprint density at radius 1 is 1.18 bits per heavy atom. The Balaban J connectivity index is 1.24. The molecule has 3 amide bonds. The summed E-state index contributed by atoms with van der Waals surface area (Å²) in [6, 6.07) is 9.07. The fourth-order valence-corrected chi connectivity index (χ4v) is 4.94. The smallest absolute Gasteiger partial charge is 0.289 e. The van der Waals surface area contributed by atoms with E-state index in [1.807, 2.05) is 0 Å². The molecule has 0 aromatic heterocycles. The molecule has 3 fully saturated rings. The molecule has 0 bridgehead atoms. The van der Waals surface area contributed by atoms with Crippen LogP contribution in [0.2, 0.25) is 0 Å². The number of likely N-dealkylation sites (tertiary alicyclic amines) is 1. The number of aryl methyl sites for hydroxylation is 1. The topological polar surface area (TPSA) is 69.7 Å². The van der Waals surface area contributed by atoms with E-state index in [1.165, 1.54) is 24.0 Å². The van der Waals surface area contributed by atoms with E-state index >= 15 is 0 Å². The molecule has 1 N–H and O–H groups in total. The van der Waals surface area contributed by atoms with Crippen molar-refractivity contribution in [3.8, 4) is 0 Å². The number of nitrogens with zero attached hydrogens (tertiary/aromatic N) is 2. The van der Waals surface area contributed by atoms with Crippen LogP contribution in [-0.4, -0.2) is 64.8 Å². The number of carbonyl (C=O) groups is 3. The molecular weight excluding hydrogens is 374 g/mol. The van der Waals surface area contributed by atoms with Crippen LogP contribution < -0.4 is 5.32 Å². The van der Waals surface area contributed by atoms with Crippen LogP contribution in [0.4, 0.5) is 4.79 Å². The Hall–Kier alpha value is -1.86. The van der Waals surface area contributed by atoms with E-state index in [2.05, 4.69) is 41.4 Å². The van der Waals surface area contributed by atoms with Gasteiger partial charge in [0.15, 0.2) is 0 Å². The Bertz CT molecular complexity index is 752. The highest BCUT2D eigenvalue weighted by Gasteiger charge is 2.45. The van der Waals surface area contributed by atoms with Crippen molar-refractivity contribution in [1.29, 1.82) is 0 Å². The molecule has 0 atom stereocenters. The molecule has 28 heavy (non-hydrogen) atoms. The molecule has 150 valence electrons. The SMILES string of the molecule is Cc1ccc(C2(CN3CCC(NC(=O)CN4C(=O)CSC4=O)CC3)CC2)cc1. The van der Waals surface area contributed by atoms with Crippen molar-refractivity contribution in [2.24, 2.45) is 0 Å². The molecule has 2 heterocycles. The third-order valence-electron chi connectivity index (χ3n) is 6.14. The predicted molar refractivity (Wildman–Crippen MR) is 109 cm³/mol. The van der Waals surface area contributed by atoms with Gasteiger partial charge in [0.1, 0.15) is 6.54 Å². The summed E-state index contributed by atoms with van der Waals surface area (Å²) >= 11 is 0.963. The molecule has 0 unspecified atom stereocenters. The third-order valence-corrected chi connectivity index (χ3v) is 7.00. The van der Waals surface area contributed by atoms with Crippen LogP contribution in [0, 0.1) is 6.92 Å². The van der Waals surface area contributed by atoms with Gasteiger partial charge in [0.25, 0.3) is 5.24 Å². The Morgan fingerprint density at radius 2 is 1.86 bits per heavy atom. The van der Waals surface area contributed by atoms with Gasteiger partial charge in [-0.2, -0.15) is 0 Å². The fourth-order valence-electron chi connectivity index (χ4n) is 4.21. The van der Waals surface area contributed by atoms with Crippen molar-refractivity contribution >= 4 is 28.8 Å². The molecular formula is C21H27N3O3S. The number of imide groups is 1. The van der Waals surface area contributed by atoms with Crippen molar-refractivity contribution in [3.05, 3.63) is 35.4 Å². The Kier molecular flexibility index (Phi) is 5.47. The first-order chi connectivity index (χ1) is 13.4. The molecule has 2 aliphatic heterocycles. The molecule has 1 aromatic carbocycles. The molecule has 7 heteroatoms. The van der Waals surface area contributed by atoms with Gasteiger partial charge < -0.3 is 10.2 Å². The highest BCUT2D eigenvalue weighted by molar-refractivity contribution is 8.14. The highest BCUT2D eigenvalue weighted by Crippen LogP contribution is 2.49. The van der Waals surface area contributed by atoms with E-state index in [4.69, 9.17) is 0 Å². The summed E-state index contributed by atoms with van der Waals surface area (Å²) in [7, 11) is 0. The molecule has 6 nitrogen and oxygen atoms in total. The van der Waals surface area contributed by atoms with E-state index < -0.39 is 0 Å². The lowest BCUT2D eigenvalue weighted by Crippen LogP contribution is -2.49. The molecule has 4 rings (SSSR count). The highest BCUT2D eigenvalue weighted by atomic mass is 32.2. The summed E-state index contributed by atoms with van der Waals surface area (Å²) in [5, 5.41) is 2.68. The number of benzene rings is 1. The van der Waals surface area contributed by atoms with Gasteiger partial charge in [-0.1, -0.05) is 41.6 Å². The van der Waals surface area contributed by atoms with Gasteiger partial charge >= 0.3 is 0 Å². The molecule has 1 aromatic rings. The van der Waals surface area contributed by atoms with Crippen LogP contribution in [0.3, 0.4) is 0 Å². The van der Waals surface area contributed by atoms with Crippen LogP contribution in [0.5, 0.6) is 0 Å². The van der Waals surface area contributed by atoms with Gasteiger partial charge in [0.05, 0.1) is 5.75 Å². The lowest BCUT2D eigenvalue weighted by molar-refractivity contribution is -0.130. The Labute approximate surface area is 170 Å². The zero-order chi connectivity index (χ0) is 19.7. The number of nitrogens with one attached hydrogen (secondary N) is 1. The van der Waals surface area contributed by atoms with Crippen molar-refractivity contribution in [1.82, 2.24) is 15.1 Å². The second-order valence-corrected chi connectivity index (χ2v) is 9.23. The number of hydrogen-bond acceptors (Lipinski definition) is 5. The number of hydrogen-bond donors (Lipinski definition) is 1. The van der Waals surface area contributed by atoms with Crippen LogP contribution in [-0.2, 0) is 15.0 Å². The van der Waals surface area contributed by atoms with E-state index in [1.54, 1.807) is 0 Å². The number of carbonyl (C=O) groups excluding carboxylic acids is 3. The average Bonchev–Trinajstić information content (AvgIpc) is 3.40. The maximum atomic E-state index is 12.2. The molecule has 2 saturated heterocycles. The number of amides is 3. The number of piperidine rings is 1. The van der Waals surface area contributed by atoms with E-state index in [0.717, 1.165) is 49.1 Å². The van der Waals surface area contributed by atoms with Crippen LogP contribution in [0.25, 0.3) is 0 Å². The first-order valence-corrected chi connectivity index (χ1v) is 11.0. The zero-order valence-electron chi connectivity index (χ0n) is 16.3. The monoisotopic (exact) mass is 401 g/mol. The Morgan fingerprint density at radius 3 is 2.43 bits per heavy atom. The molecule has 3 aliphatic rings. The van der Waals surface area contributed by atoms with Gasteiger partial charge in [-0.05, 0) is 38.2 Å². The molecule has 0 spiro atoms. The summed E-state index contributed by atoms with van der Waals surface area (Å²) in [5.74, 6) is -0.362. The molecule has 1 saturated carbocycles. The first-order valence-electron chi connectivity index (χ1n) is 10.0. The van der Waals surface area contributed by atoms with Crippen molar-refractivity contribution in [3.63, 3.8) is 0 Å². The van der Waals surface area contributed by atoms with Gasteiger partial charge in [0, 0.05) is 31.1 Å². The van der Waals surface area contributed by atoms with E-state index in [-0.39, 0.29) is 35.4 Å². The standard InChI is InChI=1S/C21H27N3O3S/c1-15-2-4-16(5-3-15)21(8-9-21)14-23-10-6-17(7-11-23)22-18(25)12-24-19(26)13-28-20(24)27/h2-5,17H,6-14H2,1H3,(H,22,25). The summed E-state index contributed by atoms with van der Waals surface area (Å²) < 4.78 is 0. The molecule has 1 aliphatic carbocycles. The quantitative estimate of drug-likeness (QED) is 0.792. The molecule has 0 radical (unpaired) electrons. The van der Waals surface area contributed by atoms with Gasteiger partial charge in [-0.25, -0.2) is 0 Å². The maximum Gasteiger partial charge on any atom is 0.289 e. The minimum atomic E-state index is -0.319. The van der Waals surface area contributed by atoms with Crippen LogP contribution >= 0.6 is 11.8 Å². The zero-order valence-corrected chi connectivity index (χ0v) is 17.1. The van der Waals surface area contributed by atoms with Crippen LogP contribution in [0.15, 0.2) is 24.3 Å². The number of rotatable bonds is 6. The van der Waals surface area contributed by atoms with Crippen molar-refractivity contribution in [2.75, 3.05) is 31.9 Å². The van der Waals surface area contributed by atoms with Crippen LogP contribution in [0.1, 0.15) is 36.8 Å². The summed E-state index contributed by atoms with van der Waals surface area (Å²) in [6.07, 6.45) is 4.32.